The van der Waals surface area contributed by atoms with Crippen LogP contribution in [0.2, 0.25) is 0 Å². The monoisotopic (exact) mass is 337 g/mol. The number of hydrogen-bond donors (Lipinski definition) is 1. The number of hydrogen-bond acceptors (Lipinski definition) is 3. The molecule has 0 heterocycles. The van der Waals surface area contributed by atoms with Crippen molar-refractivity contribution in [3.63, 3.8) is 0 Å². The van der Waals surface area contributed by atoms with Crippen molar-refractivity contribution in [3.8, 4) is 0 Å². The minimum Gasteiger partial charge on any atom is -0.352 e. The predicted octanol–water partition coefficient (Wildman–Crippen LogP) is 2.90. The van der Waals surface area contributed by atoms with Crippen molar-refractivity contribution < 1.29 is 13.2 Å². The first kappa shape index (κ1) is 16.5. The highest BCUT2D eigenvalue weighted by atomic mass is 35.7. The first-order chi connectivity index (χ1) is 10.4. The zero-order valence-electron chi connectivity index (χ0n) is 12.0. The zero-order valence-corrected chi connectivity index (χ0v) is 13.6. The van der Waals surface area contributed by atoms with E-state index in [1.807, 2.05) is 25.1 Å². The van der Waals surface area contributed by atoms with Crippen molar-refractivity contribution >= 4 is 25.6 Å². The van der Waals surface area contributed by atoms with Crippen LogP contribution in [0.15, 0.2) is 53.4 Å². The minimum atomic E-state index is -3.69. The molecule has 116 valence electrons. The smallest absolute Gasteiger partial charge is 0.261 e. The van der Waals surface area contributed by atoms with Gasteiger partial charge >= 0.3 is 0 Å². The molecule has 0 bridgehead atoms. The first-order valence-electron chi connectivity index (χ1n) is 6.75. The van der Waals surface area contributed by atoms with Crippen molar-refractivity contribution in [1.29, 1.82) is 0 Å². The summed E-state index contributed by atoms with van der Waals surface area (Å²) in [4.78, 5) is 12.1. The molecular formula is C16H16ClNO3S. The number of aryl methyl sites for hydroxylation is 1. The van der Waals surface area contributed by atoms with E-state index in [1.165, 1.54) is 12.1 Å². The normalized spacial score (nSPS) is 11.2. The number of carbonyl (C=O) groups is 1. The summed E-state index contributed by atoms with van der Waals surface area (Å²) in [6.45, 7) is 2.36. The molecule has 0 atom stereocenters. The number of amides is 1. The number of benzene rings is 2. The van der Waals surface area contributed by atoms with Crippen LogP contribution in [-0.2, 0) is 15.5 Å². The Kier molecular flexibility index (Phi) is 5.21. The SMILES string of the molecule is Cc1ccccc1C(=O)NCCc1ccc(S(=O)(=O)Cl)cc1. The van der Waals surface area contributed by atoms with E-state index >= 15 is 0 Å². The van der Waals surface area contributed by atoms with Gasteiger partial charge in [-0.3, -0.25) is 4.79 Å². The number of nitrogens with one attached hydrogen (secondary N) is 1. The highest BCUT2D eigenvalue weighted by Crippen LogP contribution is 2.15. The van der Waals surface area contributed by atoms with Gasteiger partial charge in [0, 0.05) is 22.8 Å². The summed E-state index contributed by atoms with van der Waals surface area (Å²) in [6, 6.07) is 13.7. The fourth-order valence-corrected chi connectivity index (χ4v) is 2.83. The van der Waals surface area contributed by atoms with E-state index in [2.05, 4.69) is 5.32 Å². The molecule has 0 saturated carbocycles. The van der Waals surface area contributed by atoms with Gasteiger partial charge in [0.15, 0.2) is 0 Å². The molecule has 0 aliphatic carbocycles. The topological polar surface area (TPSA) is 63.2 Å². The van der Waals surface area contributed by atoms with Gasteiger partial charge in [-0.25, -0.2) is 8.42 Å². The Morgan fingerprint density at radius 2 is 1.73 bits per heavy atom. The van der Waals surface area contributed by atoms with Gasteiger partial charge in [0.05, 0.1) is 4.90 Å². The van der Waals surface area contributed by atoms with E-state index < -0.39 is 9.05 Å². The summed E-state index contributed by atoms with van der Waals surface area (Å²) in [5.74, 6) is -0.113. The van der Waals surface area contributed by atoms with E-state index in [0.29, 0.717) is 18.5 Å². The molecule has 0 unspecified atom stereocenters. The molecule has 0 spiro atoms. The summed E-state index contributed by atoms with van der Waals surface area (Å²) in [7, 11) is 1.56. The lowest BCUT2D eigenvalue weighted by Crippen LogP contribution is -2.26. The summed E-state index contributed by atoms with van der Waals surface area (Å²) in [5.41, 5.74) is 2.51. The fraction of sp³-hybridized carbons (Fsp3) is 0.188. The molecule has 2 aromatic rings. The summed E-state index contributed by atoms with van der Waals surface area (Å²) < 4.78 is 22.3. The van der Waals surface area contributed by atoms with E-state index in [-0.39, 0.29) is 10.8 Å². The number of rotatable bonds is 5. The van der Waals surface area contributed by atoms with Gasteiger partial charge in [0.2, 0.25) is 0 Å². The van der Waals surface area contributed by atoms with Crippen LogP contribution >= 0.6 is 10.7 Å². The van der Waals surface area contributed by atoms with Gasteiger partial charge in [-0.05, 0) is 42.7 Å². The average molecular weight is 338 g/mol. The lowest BCUT2D eigenvalue weighted by atomic mass is 10.1. The predicted molar refractivity (Wildman–Crippen MR) is 86.7 cm³/mol. The molecule has 0 saturated heterocycles. The highest BCUT2D eigenvalue weighted by Gasteiger charge is 2.10. The first-order valence-corrected chi connectivity index (χ1v) is 9.06. The highest BCUT2D eigenvalue weighted by molar-refractivity contribution is 8.13. The minimum absolute atomic E-state index is 0.0712. The lowest BCUT2D eigenvalue weighted by Gasteiger charge is -2.07. The van der Waals surface area contributed by atoms with E-state index in [9.17, 15) is 13.2 Å². The van der Waals surface area contributed by atoms with Gasteiger partial charge in [0.1, 0.15) is 0 Å². The van der Waals surface area contributed by atoms with Gasteiger partial charge < -0.3 is 5.32 Å². The summed E-state index contributed by atoms with van der Waals surface area (Å²) >= 11 is 0. The molecule has 0 aliphatic rings. The molecule has 0 radical (unpaired) electrons. The van der Waals surface area contributed by atoms with Crippen LogP contribution in [0, 0.1) is 6.92 Å². The zero-order chi connectivity index (χ0) is 16.2. The molecule has 2 rings (SSSR count). The quantitative estimate of drug-likeness (QED) is 0.853. The Bertz CT molecular complexity index is 770. The molecule has 4 nitrogen and oxygen atoms in total. The molecule has 0 aliphatic heterocycles. The maximum absolute atomic E-state index is 12.0. The van der Waals surface area contributed by atoms with Crippen molar-refractivity contribution in [2.24, 2.45) is 0 Å². The number of carbonyl (C=O) groups excluding carboxylic acids is 1. The Morgan fingerprint density at radius 1 is 1.09 bits per heavy atom. The van der Waals surface area contributed by atoms with Gasteiger partial charge in [-0.2, -0.15) is 0 Å². The molecular weight excluding hydrogens is 322 g/mol. The molecule has 0 aromatic heterocycles. The van der Waals surface area contributed by atoms with Crippen LogP contribution < -0.4 is 5.32 Å². The Hall–Kier alpha value is -1.85. The van der Waals surface area contributed by atoms with Crippen LogP contribution in [0.25, 0.3) is 0 Å². The average Bonchev–Trinajstić information content (AvgIpc) is 2.47. The van der Waals surface area contributed by atoms with Gasteiger partial charge in [-0.15, -0.1) is 0 Å². The molecule has 22 heavy (non-hydrogen) atoms. The van der Waals surface area contributed by atoms with Crippen LogP contribution in [0.1, 0.15) is 21.5 Å². The van der Waals surface area contributed by atoms with Crippen molar-refractivity contribution in [2.75, 3.05) is 6.54 Å². The van der Waals surface area contributed by atoms with Crippen LogP contribution in [0.5, 0.6) is 0 Å². The maximum atomic E-state index is 12.0. The van der Waals surface area contributed by atoms with Crippen LogP contribution in [0.4, 0.5) is 0 Å². The summed E-state index contributed by atoms with van der Waals surface area (Å²) in [5, 5.41) is 2.85. The molecule has 0 fully saturated rings. The largest absolute Gasteiger partial charge is 0.352 e. The van der Waals surface area contributed by atoms with E-state index in [4.69, 9.17) is 10.7 Å². The molecule has 1 amide bonds. The van der Waals surface area contributed by atoms with Crippen molar-refractivity contribution in [3.05, 3.63) is 65.2 Å². The Balaban J connectivity index is 1.92. The standard InChI is InChI=1S/C16H16ClNO3S/c1-12-4-2-3-5-15(12)16(19)18-11-10-13-6-8-14(9-7-13)22(17,20)21/h2-9H,10-11H2,1H3,(H,18,19). The maximum Gasteiger partial charge on any atom is 0.261 e. The third kappa shape index (κ3) is 4.32. The lowest BCUT2D eigenvalue weighted by molar-refractivity contribution is 0.0953. The molecule has 2 aromatic carbocycles. The third-order valence-corrected chi connectivity index (χ3v) is 4.66. The van der Waals surface area contributed by atoms with Gasteiger partial charge in [-0.1, -0.05) is 30.3 Å². The second-order valence-corrected chi connectivity index (χ2v) is 7.47. The fourth-order valence-electron chi connectivity index (χ4n) is 2.06. The second kappa shape index (κ2) is 6.94. The Morgan fingerprint density at radius 3 is 2.32 bits per heavy atom. The third-order valence-electron chi connectivity index (χ3n) is 3.29. The van der Waals surface area contributed by atoms with Crippen molar-refractivity contribution in [2.45, 2.75) is 18.2 Å². The number of halogens is 1. The van der Waals surface area contributed by atoms with Gasteiger partial charge in [0.25, 0.3) is 15.0 Å². The van der Waals surface area contributed by atoms with Crippen molar-refractivity contribution in [1.82, 2.24) is 5.32 Å². The van der Waals surface area contributed by atoms with Crippen LogP contribution in [0.3, 0.4) is 0 Å². The summed E-state index contributed by atoms with van der Waals surface area (Å²) in [6.07, 6.45) is 0.611. The molecule has 6 heteroatoms. The molecule has 1 N–H and O–H groups in total. The van der Waals surface area contributed by atoms with E-state index in [0.717, 1.165) is 11.1 Å². The van der Waals surface area contributed by atoms with Crippen LogP contribution in [-0.4, -0.2) is 20.9 Å². The second-order valence-electron chi connectivity index (χ2n) is 4.90. The Labute approximate surface area is 134 Å². The van der Waals surface area contributed by atoms with E-state index in [1.54, 1.807) is 18.2 Å².